The molecule has 13 nitrogen and oxygen atoms in total. The lowest BCUT2D eigenvalue weighted by molar-refractivity contribution is -0.907. The van der Waals surface area contributed by atoms with Gasteiger partial charge >= 0.3 is 5.97 Å². The number of para-hydroxylation sites is 2. The van der Waals surface area contributed by atoms with Gasteiger partial charge in [-0.05, 0) is 55.8 Å². The maximum atomic E-state index is 14.0. The third-order valence-corrected chi connectivity index (χ3v) is 10.3. The van der Waals surface area contributed by atoms with E-state index in [9.17, 15) is 35.5 Å². The first-order valence-corrected chi connectivity index (χ1v) is 19.6. The molecule has 270 valence electrons. The number of rotatable bonds is 17. The number of hydrogen-bond donors (Lipinski definition) is 4. The molecule has 0 aliphatic heterocycles. The SMILES string of the molecule is Cc1cc(C(=O)NCCC[N+](C)(CCCN)CCS(=O)(=O)O)cc(C)c1OC(=O)c1c2ccccc2[n+](CCCS(=O)(=O)O)c2ccccc12. The summed E-state index contributed by atoms with van der Waals surface area (Å²) in [5, 5.41) is 4.14. The predicted octanol–water partition coefficient (Wildman–Crippen LogP) is 3.20. The Hall–Kier alpha value is -3.99. The van der Waals surface area contributed by atoms with E-state index in [4.69, 9.17) is 10.5 Å². The number of quaternary nitrogens is 1. The monoisotopic (exact) mass is 730 g/mol. The van der Waals surface area contributed by atoms with Crippen molar-refractivity contribution in [1.82, 2.24) is 5.32 Å². The van der Waals surface area contributed by atoms with Gasteiger partial charge in [0.2, 0.25) is 11.0 Å². The van der Waals surface area contributed by atoms with Gasteiger partial charge in [0.15, 0.2) is 6.54 Å². The topological polar surface area (TPSA) is 194 Å². The largest absolute Gasteiger partial charge is 0.422 e. The lowest BCUT2D eigenvalue weighted by Gasteiger charge is -2.34. The van der Waals surface area contributed by atoms with Crippen molar-refractivity contribution in [1.29, 1.82) is 0 Å². The molecule has 0 aliphatic carbocycles. The predicted molar refractivity (Wildman–Crippen MR) is 191 cm³/mol. The number of esters is 1. The van der Waals surface area contributed by atoms with Crippen LogP contribution in [0, 0.1) is 13.8 Å². The molecule has 1 aromatic heterocycles. The Morgan fingerprint density at radius 2 is 1.36 bits per heavy atom. The number of ether oxygens (including phenoxy) is 1. The van der Waals surface area contributed by atoms with Crippen LogP contribution in [0.3, 0.4) is 0 Å². The molecule has 0 aliphatic rings. The van der Waals surface area contributed by atoms with Crippen LogP contribution in [0.1, 0.15) is 51.1 Å². The number of amides is 1. The Balaban J connectivity index is 1.51. The highest BCUT2D eigenvalue weighted by Crippen LogP contribution is 2.30. The van der Waals surface area contributed by atoms with E-state index >= 15 is 0 Å². The number of aryl methyl sites for hydroxylation is 3. The first kappa shape index (κ1) is 38.8. The van der Waals surface area contributed by atoms with Gasteiger partial charge in [-0.25, -0.2) is 4.79 Å². The molecule has 50 heavy (non-hydrogen) atoms. The van der Waals surface area contributed by atoms with Crippen molar-refractivity contribution in [2.45, 2.75) is 39.7 Å². The average molecular weight is 731 g/mol. The number of aromatic nitrogens is 1. The second kappa shape index (κ2) is 16.4. The van der Waals surface area contributed by atoms with E-state index in [1.165, 1.54) is 0 Å². The summed E-state index contributed by atoms with van der Waals surface area (Å²) in [5.74, 6) is -1.31. The minimum atomic E-state index is -4.14. The smallest absolute Gasteiger partial charge is 0.345 e. The maximum absolute atomic E-state index is 14.0. The molecule has 4 aromatic rings. The highest BCUT2D eigenvalue weighted by Gasteiger charge is 2.27. The van der Waals surface area contributed by atoms with E-state index in [0.29, 0.717) is 99.9 Å². The van der Waals surface area contributed by atoms with Crippen molar-refractivity contribution >= 4 is 53.9 Å². The Morgan fingerprint density at radius 1 is 0.820 bits per heavy atom. The zero-order chi connectivity index (χ0) is 36.7. The first-order chi connectivity index (χ1) is 23.5. The van der Waals surface area contributed by atoms with Crippen molar-refractivity contribution in [2.24, 2.45) is 5.73 Å². The normalized spacial score (nSPS) is 13.3. The number of carbonyl (C=O) groups excluding carboxylic acids is 2. The van der Waals surface area contributed by atoms with Gasteiger partial charge in [-0.15, -0.1) is 0 Å². The van der Waals surface area contributed by atoms with Gasteiger partial charge in [-0.1, -0.05) is 24.3 Å². The van der Waals surface area contributed by atoms with E-state index < -0.39 is 32.0 Å². The number of hydrogen-bond acceptors (Lipinski definition) is 8. The lowest BCUT2D eigenvalue weighted by atomic mass is 10.0. The van der Waals surface area contributed by atoms with Crippen molar-refractivity contribution in [3.8, 4) is 5.75 Å². The molecule has 0 saturated heterocycles. The van der Waals surface area contributed by atoms with Crippen LogP contribution in [0.25, 0.3) is 21.8 Å². The van der Waals surface area contributed by atoms with Gasteiger partial charge in [0.1, 0.15) is 11.5 Å². The number of nitrogens with zero attached hydrogens (tertiary/aromatic N) is 2. The van der Waals surface area contributed by atoms with E-state index in [0.717, 1.165) is 0 Å². The fraction of sp³-hybridized carbons (Fsp3) is 0.400. The van der Waals surface area contributed by atoms with Crippen molar-refractivity contribution in [2.75, 3.05) is 51.3 Å². The summed E-state index contributed by atoms with van der Waals surface area (Å²) in [6.07, 6.45) is 1.44. The van der Waals surface area contributed by atoms with Crippen LogP contribution in [0.5, 0.6) is 5.75 Å². The number of fused-ring (bicyclic) bond motifs is 2. The van der Waals surface area contributed by atoms with Crippen LogP contribution < -0.4 is 20.4 Å². The quantitative estimate of drug-likeness (QED) is 0.0238. The van der Waals surface area contributed by atoms with Gasteiger partial charge < -0.3 is 20.3 Å². The summed E-state index contributed by atoms with van der Waals surface area (Å²) in [6.45, 7) is 6.07. The molecule has 0 saturated carbocycles. The molecule has 15 heteroatoms. The summed E-state index contributed by atoms with van der Waals surface area (Å²) >= 11 is 0. The number of benzene rings is 3. The molecule has 1 heterocycles. The molecule has 1 amide bonds. The molecule has 0 radical (unpaired) electrons. The third kappa shape index (κ3) is 10.3. The second-order valence-electron chi connectivity index (χ2n) is 12.9. The van der Waals surface area contributed by atoms with Crippen LogP contribution in [0.2, 0.25) is 0 Å². The minimum Gasteiger partial charge on any atom is -0.422 e. The lowest BCUT2D eigenvalue weighted by Crippen LogP contribution is -2.49. The van der Waals surface area contributed by atoms with E-state index in [1.54, 1.807) is 50.2 Å². The zero-order valence-electron chi connectivity index (χ0n) is 28.6. The zero-order valence-corrected chi connectivity index (χ0v) is 30.2. The van der Waals surface area contributed by atoms with Crippen molar-refractivity contribution < 1.29 is 49.3 Å². The summed E-state index contributed by atoms with van der Waals surface area (Å²) in [4.78, 5) is 27.1. The Morgan fingerprint density at radius 3 is 1.90 bits per heavy atom. The highest BCUT2D eigenvalue weighted by molar-refractivity contribution is 7.86. The van der Waals surface area contributed by atoms with Crippen molar-refractivity contribution in [3.05, 3.63) is 82.9 Å². The molecule has 5 N–H and O–H groups in total. The van der Waals surface area contributed by atoms with Crippen LogP contribution in [-0.4, -0.2) is 93.6 Å². The van der Waals surface area contributed by atoms with E-state index in [-0.39, 0.29) is 24.6 Å². The maximum Gasteiger partial charge on any atom is 0.345 e. The number of nitrogens with one attached hydrogen (secondary N) is 1. The number of carbonyl (C=O) groups is 2. The van der Waals surface area contributed by atoms with Gasteiger partial charge in [0.25, 0.3) is 26.1 Å². The highest BCUT2D eigenvalue weighted by atomic mass is 32.2. The minimum absolute atomic E-state index is 0.171. The molecular weight excluding hydrogens is 685 g/mol. The molecule has 1 unspecified atom stereocenters. The summed E-state index contributed by atoms with van der Waals surface area (Å²) in [6, 6.07) is 17.9. The van der Waals surface area contributed by atoms with Gasteiger partial charge in [0.05, 0.1) is 48.8 Å². The molecular formula is C35H46N4O9S2+2. The van der Waals surface area contributed by atoms with E-state index in [1.807, 2.05) is 35.9 Å². The van der Waals surface area contributed by atoms with Crippen LogP contribution >= 0.6 is 0 Å². The molecule has 3 aromatic carbocycles. The second-order valence-corrected chi connectivity index (χ2v) is 16.0. The Kier molecular flexibility index (Phi) is 12.7. The Bertz CT molecular complexity index is 2020. The van der Waals surface area contributed by atoms with E-state index in [2.05, 4.69) is 5.32 Å². The summed E-state index contributed by atoms with van der Waals surface area (Å²) in [5.41, 5.74) is 8.97. The van der Waals surface area contributed by atoms with Gasteiger partial charge in [-0.2, -0.15) is 21.4 Å². The third-order valence-electron chi connectivity index (χ3n) is 8.79. The first-order valence-electron chi connectivity index (χ1n) is 16.4. The summed E-state index contributed by atoms with van der Waals surface area (Å²) in [7, 11) is -6.33. The van der Waals surface area contributed by atoms with Crippen LogP contribution in [-0.2, 0) is 26.8 Å². The average Bonchev–Trinajstić information content (AvgIpc) is 3.05. The van der Waals surface area contributed by atoms with Gasteiger partial charge in [0, 0.05) is 43.5 Å². The van der Waals surface area contributed by atoms with Crippen molar-refractivity contribution in [3.63, 3.8) is 0 Å². The van der Waals surface area contributed by atoms with Crippen LogP contribution in [0.15, 0.2) is 60.7 Å². The fourth-order valence-electron chi connectivity index (χ4n) is 6.28. The van der Waals surface area contributed by atoms with Gasteiger partial charge in [-0.3, -0.25) is 13.9 Å². The summed E-state index contributed by atoms with van der Waals surface area (Å²) < 4.78 is 72.2. The Labute approximate surface area is 293 Å². The van der Waals surface area contributed by atoms with Crippen LogP contribution in [0.4, 0.5) is 0 Å². The fourth-order valence-corrected chi connectivity index (χ4v) is 7.44. The molecule has 1 atom stereocenters. The molecule has 0 bridgehead atoms. The number of pyridine rings is 1. The number of nitrogens with two attached hydrogens (primary N) is 1. The molecule has 0 spiro atoms. The molecule has 4 rings (SSSR count). The standard InChI is InChI=1S/C35H44N4O9S2/c1-25-23-27(34(40)37-16-9-19-39(3,18-8-15-36)20-22-50(45,46)47)24-26(2)33(25)48-35(41)32-28-11-4-6-13-30(28)38(17-10-21-49(42,43)44)31-14-7-5-12-29(31)32/h4-7,11-14,23-24H,8-10,15-22,36H2,1-3H3,(H-2,37,40,42,43,44,45,46,47)/p+2. The molecule has 0 fully saturated rings.